The summed E-state index contributed by atoms with van der Waals surface area (Å²) in [4.78, 5) is 2.33. The Kier molecular flexibility index (Phi) is 8.86. The van der Waals surface area contributed by atoms with Crippen LogP contribution in [0.25, 0.3) is 0 Å². The molecule has 19 heavy (non-hydrogen) atoms. The second-order valence-corrected chi connectivity index (χ2v) is 4.32. The molecule has 1 saturated heterocycles. The molecule has 0 bridgehead atoms. The van der Waals surface area contributed by atoms with E-state index in [2.05, 4.69) is 23.2 Å². The van der Waals surface area contributed by atoms with Gasteiger partial charge in [0.1, 0.15) is 11.5 Å². The molecule has 4 nitrogen and oxygen atoms in total. The standard InChI is InChI=1S/C13H19N3O.2ClH/c1-2-11-3-4-13(17-11)12(5-6-14)16-9-7-15-8-10-16;;/h3-4,12,15H,2,5,7-10H2,1H3;2*1H/t12-;;/m0../s1. The van der Waals surface area contributed by atoms with Crippen molar-refractivity contribution in [2.75, 3.05) is 26.2 Å². The van der Waals surface area contributed by atoms with Gasteiger partial charge in [0, 0.05) is 32.6 Å². The van der Waals surface area contributed by atoms with Gasteiger partial charge in [-0.15, -0.1) is 24.8 Å². The quantitative estimate of drug-likeness (QED) is 0.929. The molecule has 2 heterocycles. The number of rotatable bonds is 4. The van der Waals surface area contributed by atoms with Gasteiger partial charge in [0.15, 0.2) is 0 Å². The van der Waals surface area contributed by atoms with Crippen molar-refractivity contribution >= 4 is 24.8 Å². The minimum absolute atomic E-state index is 0. The first kappa shape index (κ1) is 18.3. The van der Waals surface area contributed by atoms with E-state index in [-0.39, 0.29) is 30.9 Å². The van der Waals surface area contributed by atoms with Crippen LogP contribution in [0.2, 0.25) is 0 Å². The summed E-state index contributed by atoms with van der Waals surface area (Å²) in [5.74, 6) is 1.93. The molecule has 0 unspecified atom stereocenters. The van der Waals surface area contributed by atoms with E-state index in [0.717, 1.165) is 44.1 Å². The summed E-state index contributed by atoms with van der Waals surface area (Å²) < 4.78 is 5.79. The van der Waals surface area contributed by atoms with Crippen LogP contribution in [-0.2, 0) is 6.42 Å². The Balaban J connectivity index is 0.00000162. The molecule has 1 aromatic heterocycles. The van der Waals surface area contributed by atoms with Gasteiger partial charge in [-0.2, -0.15) is 5.26 Å². The van der Waals surface area contributed by atoms with Crippen molar-refractivity contribution in [3.05, 3.63) is 23.7 Å². The van der Waals surface area contributed by atoms with Gasteiger partial charge < -0.3 is 9.73 Å². The van der Waals surface area contributed by atoms with Crippen LogP contribution in [-0.4, -0.2) is 31.1 Å². The molecule has 1 atom stereocenters. The summed E-state index contributed by atoms with van der Waals surface area (Å²) in [5, 5.41) is 12.3. The van der Waals surface area contributed by atoms with Gasteiger partial charge in [-0.3, -0.25) is 4.90 Å². The molecule has 0 amide bonds. The lowest BCUT2D eigenvalue weighted by Crippen LogP contribution is -2.45. The van der Waals surface area contributed by atoms with Crippen LogP contribution in [0.15, 0.2) is 16.5 Å². The molecular formula is C13H21Cl2N3O. The summed E-state index contributed by atoms with van der Waals surface area (Å²) in [6.07, 6.45) is 1.40. The van der Waals surface area contributed by atoms with Gasteiger partial charge in [-0.25, -0.2) is 0 Å². The predicted octanol–water partition coefficient (Wildman–Crippen LogP) is 2.55. The molecule has 108 valence electrons. The summed E-state index contributed by atoms with van der Waals surface area (Å²) in [6.45, 7) is 6.02. The third kappa shape index (κ3) is 4.70. The van der Waals surface area contributed by atoms with Crippen molar-refractivity contribution in [1.82, 2.24) is 10.2 Å². The van der Waals surface area contributed by atoms with E-state index in [4.69, 9.17) is 9.68 Å². The summed E-state index contributed by atoms with van der Waals surface area (Å²) in [7, 11) is 0. The van der Waals surface area contributed by atoms with E-state index in [0.29, 0.717) is 6.42 Å². The predicted molar refractivity (Wildman–Crippen MR) is 80.0 cm³/mol. The van der Waals surface area contributed by atoms with Crippen LogP contribution < -0.4 is 5.32 Å². The number of nitriles is 1. The number of furan rings is 1. The highest BCUT2D eigenvalue weighted by Gasteiger charge is 2.24. The average molecular weight is 306 g/mol. The highest BCUT2D eigenvalue weighted by Crippen LogP contribution is 2.26. The number of piperazine rings is 1. The molecule has 1 aliphatic rings. The van der Waals surface area contributed by atoms with Gasteiger partial charge in [0.2, 0.25) is 0 Å². The Labute approximate surface area is 127 Å². The van der Waals surface area contributed by atoms with Crippen molar-refractivity contribution in [1.29, 1.82) is 5.26 Å². The zero-order valence-corrected chi connectivity index (χ0v) is 12.7. The van der Waals surface area contributed by atoms with Gasteiger partial charge >= 0.3 is 0 Å². The minimum Gasteiger partial charge on any atom is -0.464 e. The third-order valence-electron chi connectivity index (χ3n) is 3.24. The molecule has 1 aliphatic heterocycles. The molecule has 1 fully saturated rings. The van der Waals surface area contributed by atoms with Gasteiger partial charge in [0.05, 0.1) is 18.5 Å². The molecule has 1 N–H and O–H groups in total. The van der Waals surface area contributed by atoms with E-state index in [9.17, 15) is 0 Å². The maximum Gasteiger partial charge on any atom is 0.122 e. The normalized spacial score (nSPS) is 16.8. The first-order chi connectivity index (χ1) is 8.35. The highest BCUT2D eigenvalue weighted by atomic mass is 35.5. The first-order valence-electron chi connectivity index (χ1n) is 6.25. The van der Waals surface area contributed by atoms with E-state index in [1.165, 1.54) is 0 Å². The number of aryl methyl sites for hydroxylation is 1. The van der Waals surface area contributed by atoms with E-state index < -0.39 is 0 Å². The Hall–Kier alpha value is -0.730. The molecule has 0 aromatic carbocycles. The molecule has 6 heteroatoms. The SMILES string of the molecule is CCc1ccc([C@H](CC#N)N2CCNCC2)o1.Cl.Cl. The van der Waals surface area contributed by atoms with Crippen molar-refractivity contribution in [3.63, 3.8) is 0 Å². The van der Waals surface area contributed by atoms with Crippen molar-refractivity contribution in [3.8, 4) is 6.07 Å². The molecule has 1 aromatic rings. The Morgan fingerprint density at radius 2 is 2.05 bits per heavy atom. The maximum absolute atomic E-state index is 8.96. The fourth-order valence-corrected chi connectivity index (χ4v) is 2.25. The Morgan fingerprint density at radius 1 is 1.37 bits per heavy atom. The average Bonchev–Trinajstić information content (AvgIpc) is 2.85. The van der Waals surface area contributed by atoms with Crippen LogP contribution >= 0.6 is 24.8 Å². The fourth-order valence-electron chi connectivity index (χ4n) is 2.25. The fraction of sp³-hybridized carbons (Fsp3) is 0.615. The lowest BCUT2D eigenvalue weighted by Gasteiger charge is -2.32. The van der Waals surface area contributed by atoms with Crippen LogP contribution in [0, 0.1) is 11.3 Å². The maximum atomic E-state index is 8.96. The third-order valence-corrected chi connectivity index (χ3v) is 3.24. The first-order valence-corrected chi connectivity index (χ1v) is 6.25. The zero-order chi connectivity index (χ0) is 12.1. The van der Waals surface area contributed by atoms with Crippen molar-refractivity contribution in [2.24, 2.45) is 0 Å². The monoisotopic (exact) mass is 305 g/mol. The lowest BCUT2D eigenvalue weighted by molar-refractivity contribution is 0.155. The molecule has 0 aliphatic carbocycles. The minimum atomic E-state index is 0. The van der Waals surface area contributed by atoms with Crippen LogP contribution in [0.4, 0.5) is 0 Å². The van der Waals surface area contributed by atoms with E-state index >= 15 is 0 Å². The smallest absolute Gasteiger partial charge is 0.122 e. The highest BCUT2D eigenvalue weighted by molar-refractivity contribution is 5.85. The van der Waals surface area contributed by atoms with Gasteiger partial charge in [-0.1, -0.05) is 6.92 Å². The Morgan fingerprint density at radius 3 is 2.58 bits per heavy atom. The van der Waals surface area contributed by atoms with Crippen molar-refractivity contribution < 1.29 is 4.42 Å². The lowest BCUT2D eigenvalue weighted by atomic mass is 10.1. The van der Waals surface area contributed by atoms with Gasteiger partial charge in [-0.05, 0) is 12.1 Å². The summed E-state index contributed by atoms with van der Waals surface area (Å²) in [6, 6.07) is 6.41. The molecule has 2 rings (SSSR count). The van der Waals surface area contributed by atoms with E-state index in [1.54, 1.807) is 0 Å². The van der Waals surface area contributed by atoms with Crippen molar-refractivity contribution in [2.45, 2.75) is 25.8 Å². The van der Waals surface area contributed by atoms with Crippen LogP contribution in [0.5, 0.6) is 0 Å². The summed E-state index contributed by atoms with van der Waals surface area (Å²) >= 11 is 0. The van der Waals surface area contributed by atoms with Gasteiger partial charge in [0.25, 0.3) is 0 Å². The molecular weight excluding hydrogens is 285 g/mol. The topological polar surface area (TPSA) is 52.2 Å². The second kappa shape index (κ2) is 9.22. The molecule has 0 radical (unpaired) electrons. The number of hydrogen-bond acceptors (Lipinski definition) is 4. The number of hydrogen-bond donors (Lipinski definition) is 1. The Bertz CT molecular complexity index is 397. The van der Waals surface area contributed by atoms with E-state index in [1.807, 2.05) is 12.1 Å². The second-order valence-electron chi connectivity index (χ2n) is 4.32. The number of nitrogens with one attached hydrogen (secondary N) is 1. The summed E-state index contributed by atoms with van der Waals surface area (Å²) in [5.41, 5.74) is 0. The van der Waals surface area contributed by atoms with Crippen LogP contribution in [0.3, 0.4) is 0 Å². The zero-order valence-electron chi connectivity index (χ0n) is 11.1. The van der Waals surface area contributed by atoms with Crippen LogP contribution in [0.1, 0.15) is 30.9 Å². The molecule has 0 spiro atoms. The number of nitrogens with zero attached hydrogens (tertiary/aromatic N) is 2. The largest absolute Gasteiger partial charge is 0.464 e. The molecule has 0 saturated carbocycles. The number of halogens is 2.